The molecular formula is C17H17NO. The minimum absolute atomic E-state index is 0.131. The third-order valence-corrected chi connectivity index (χ3v) is 3.71. The molecule has 2 aromatic rings. The number of amides is 1. The quantitative estimate of drug-likeness (QED) is 0.801. The molecule has 96 valence electrons. The fraction of sp³-hybridized carbons (Fsp3) is 0.235. The Morgan fingerprint density at radius 3 is 2.37 bits per heavy atom. The number of benzene rings is 2. The van der Waals surface area contributed by atoms with Gasteiger partial charge in [-0.1, -0.05) is 43.3 Å². The van der Waals surface area contributed by atoms with E-state index in [1.54, 1.807) is 0 Å². The first-order valence-corrected chi connectivity index (χ1v) is 6.73. The standard InChI is InChI=1S/C17H17NO/c1-2-13-6-5-9-14(10-13)17(19)18-11-15-7-3-4-8-16(15)12-18/h3-10H,2,11-12H2,1H3. The molecule has 1 aliphatic rings. The lowest BCUT2D eigenvalue weighted by atomic mass is 10.1. The van der Waals surface area contributed by atoms with Crippen LogP contribution in [0.15, 0.2) is 48.5 Å². The molecule has 3 rings (SSSR count). The molecule has 0 bridgehead atoms. The zero-order chi connectivity index (χ0) is 13.2. The zero-order valence-corrected chi connectivity index (χ0v) is 11.1. The van der Waals surface area contributed by atoms with Crippen LogP contribution in [-0.4, -0.2) is 10.8 Å². The molecule has 0 saturated heterocycles. The maximum atomic E-state index is 12.5. The fourth-order valence-electron chi connectivity index (χ4n) is 2.58. The molecule has 1 heterocycles. The van der Waals surface area contributed by atoms with Crippen LogP contribution in [0.1, 0.15) is 34.0 Å². The minimum Gasteiger partial charge on any atom is -0.330 e. The van der Waals surface area contributed by atoms with Crippen molar-refractivity contribution in [3.63, 3.8) is 0 Å². The molecule has 1 amide bonds. The average molecular weight is 251 g/mol. The summed E-state index contributed by atoms with van der Waals surface area (Å²) in [7, 11) is 0. The van der Waals surface area contributed by atoms with Gasteiger partial charge < -0.3 is 4.90 Å². The van der Waals surface area contributed by atoms with Crippen molar-refractivity contribution in [3.8, 4) is 0 Å². The molecule has 0 N–H and O–H groups in total. The van der Waals surface area contributed by atoms with Crippen molar-refractivity contribution in [2.45, 2.75) is 26.4 Å². The van der Waals surface area contributed by atoms with E-state index in [9.17, 15) is 4.79 Å². The second kappa shape index (κ2) is 4.88. The zero-order valence-electron chi connectivity index (χ0n) is 11.1. The first-order valence-electron chi connectivity index (χ1n) is 6.73. The van der Waals surface area contributed by atoms with Crippen LogP contribution in [0.3, 0.4) is 0 Å². The summed E-state index contributed by atoms with van der Waals surface area (Å²) in [4.78, 5) is 14.4. The highest BCUT2D eigenvalue weighted by molar-refractivity contribution is 5.94. The van der Waals surface area contributed by atoms with Crippen molar-refractivity contribution < 1.29 is 4.79 Å². The molecular weight excluding hydrogens is 234 g/mol. The van der Waals surface area contributed by atoms with E-state index in [-0.39, 0.29) is 5.91 Å². The van der Waals surface area contributed by atoms with Crippen molar-refractivity contribution in [2.75, 3.05) is 0 Å². The molecule has 0 aromatic heterocycles. The lowest BCUT2D eigenvalue weighted by Gasteiger charge is -2.15. The van der Waals surface area contributed by atoms with Gasteiger partial charge in [0.25, 0.3) is 5.91 Å². The van der Waals surface area contributed by atoms with Gasteiger partial charge in [0.1, 0.15) is 0 Å². The normalized spacial score (nSPS) is 13.4. The van der Waals surface area contributed by atoms with E-state index in [2.05, 4.69) is 25.1 Å². The van der Waals surface area contributed by atoms with Gasteiger partial charge >= 0.3 is 0 Å². The molecule has 2 nitrogen and oxygen atoms in total. The number of hydrogen-bond donors (Lipinski definition) is 0. The summed E-state index contributed by atoms with van der Waals surface area (Å²) in [5.74, 6) is 0.131. The first-order chi connectivity index (χ1) is 9.28. The molecule has 0 atom stereocenters. The molecule has 19 heavy (non-hydrogen) atoms. The van der Waals surface area contributed by atoms with Crippen molar-refractivity contribution in [1.29, 1.82) is 0 Å². The van der Waals surface area contributed by atoms with Crippen LogP contribution < -0.4 is 0 Å². The average Bonchev–Trinajstić information content (AvgIpc) is 2.90. The Hall–Kier alpha value is -2.09. The van der Waals surface area contributed by atoms with Gasteiger partial charge in [-0.3, -0.25) is 4.79 Å². The van der Waals surface area contributed by atoms with Crippen LogP contribution in [0.2, 0.25) is 0 Å². The van der Waals surface area contributed by atoms with Gasteiger partial charge in [0.05, 0.1) is 0 Å². The molecule has 0 radical (unpaired) electrons. The fourth-order valence-corrected chi connectivity index (χ4v) is 2.58. The molecule has 1 aliphatic heterocycles. The predicted molar refractivity (Wildman–Crippen MR) is 75.8 cm³/mol. The molecule has 2 aromatic carbocycles. The molecule has 0 fully saturated rings. The van der Waals surface area contributed by atoms with Crippen molar-refractivity contribution in [2.24, 2.45) is 0 Å². The van der Waals surface area contributed by atoms with Crippen LogP contribution >= 0.6 is 0 Å². The summed E-state index contributed by atoms with van der Waals surface area (Å²) in [5, 5.41) is 0. The maximum absolute atomic E-state index is 12.5. The summed E-state index contributed by atoms with van der Waals surface area (Å²) in [5.41, 5.74) is 4.54. The molecule has 0 saturated carbocycles. The van der Waals surface area contributed by atoms with E-state index >= 15 is 0 Å². The Kier molecular flexibility index (Phi) is 3.08. The lowest BCUT2D eigenvalue weighted by Crippen LogP contribution is -2.25. The third kappa shape index (κ3) is 2.26. The van der Waals surface area contributed by atoms with E-state index in [1.165, 1.54) is 16.7 Å². The SMILES string of the molecule is CCc1cccc(C(=O)N2Cc3ccccc3C2)c1. The van der Waals surface area contributed by atoms with Crippen LogP contribution in [0, 0.1) is 0 Å². The molecule has 0 spiro atoms. The Bertz CT molecular complexity index is 593. The smallest absolute Gasteiger partial charge is 0.254 e. The van der Waals surface area contributed by atoms with Crippen molar-refractivity contribution in [3.05, 3.63) is 70.8 Å². The number of carbonyl (C=O) groups excluding carboxylic acids is 1. The van der Waals surface area contributed by atoms with E-state index in [0.29, 0.717) is 0 Å². The second-order valence-electron chi connectivity index (χ2n) is 4.98. The summed E-state index contributed by atoms with van der Waals surface area (Å²) >= 11 is 0. The van der Waals surface area contributed by atoms with Gasteiger partial charge in [0.15, 0.2) is 0 Å². The Morgan fingerprint density at radius 2 is 1.74 bits per heavy atom. The maximum Gasteiger partial charge on any atom is 0.254 e. The predicted octanol–water partition coefficient (Wildman–Crippen LogP) is 3.41. The van der Waals surface area contributed by atoms with E-state index in [1.807, 2.05) is 35.2 Å². The Morgan fingerprint density at radius 1 is 1.05 bits per heavy atom. The van der Waals surface area contributed by atoms with Crippen LogP contribution in [0.5, 0.6) is 0 Å². The number of fused-ring (bicyclic) bond motifs is 1. The number of aryl methyl sites for hydroxylation is 1. The molecule has 2 heteroatoms. The highest BCUT2D eigenvalue weighted by atomic mass is 16.2. The third-order valence-electron chi connectivity index (χ3n) is 3.71. The van der Waals surface area contributed by atoms with Gasteiger partial charge in [-0.25, -0.2) is 0 Å². The van der Waals surface area contributed by atoms with Crippen LogP contribution in [-0.2, 0) is 19.5 Å². The second-order valence-corrected chi connectivity index (χ2v) is 4.98. The van der Waals surface area contributed by atoms with Gasteiger partial charge in [0, 0.05) is 18.7 Å². The van der Waals surface area contributed by atoms with Gasteiger partial charge in [-0.15, -0.1) is 0 Å². The van der Waals surface area contributed by atoms with Crippen LogP contribution in [0.4, 0.5) is 0 Å². The minimum atomic E-state index is 0.131. The van der Waals surface area contributed by atoms with Gasteiger partial charge in [-0.2, -0.15) is 0 Å². The lowest BCUT2D eigenvalue weighted by molar-refractivity contribution is 0.0751. The molecule has 0 unspecified atom stereocenters. The summed E-state index contributed by atoms with van der Waals surface area (Å²) < 4.78 is 0. The van der Waals surface area contributed by atoms with E-state index < -0.39 is 0 Å². The topological polar surface area (TPSA) is 20.3 Å². The summed E-state index contributed by atoms with van der Waals surface area (Å²) in [6.07, 6.45) is 0.960. The Balaban J connectivity index is 1.83. The largest absolute Gasteiger partial charge is 0.330 e. The number of rotatable bonds is 2. The number of carbonyl (C=O) groups is 1. The van der Waals surface area contributed by atoms with Crippen molar-refractivity contribution in [1.82, 2.24) is 4.90 Å². The van der Waals surface area contributed by atoms with Gasteiger partial charge in [-0.05, 0) is 35.2 Å². The van der Waals surface area contributed by atoms with E-state index in [4.69, 9.17) is 0 Å². The Labute approximate surface area is 113 Å². The highest BCUT2D eigenvalue weighted by Crippen LogP contribution is 2.24. The summed E-state index contributed by atoms with van der Waals surface area (Å²) in [6.45, 7) is 3.56. The summed E-state index contributed by atoms with van der Waals surface area (Å²) in [6, 6.07) is 16.2. The van der Waals surface area contributed by atoms with Gasteiger partial charge in [0.2, 0.25) is 0 Å². The van der Waals surface area contributed by atoms with Crippen molar-refractivity contribution >= 4 is 5.91 Å². The number of hydrogen-bond acceptors (Lipinski definition) is 1. The monoisotopic (exact) mass is 251 g/mol. The first kappa shape index (κ1) is 12.0. The van der Waals surface area contributed by atoms with E-state index in [0.717, 1.165) is 25.1 Å². The van der Waals surface area contributed by atoms with Crippen LogP contribution in [0.25, 0.3) is 0 Å². The number of nitrogens with zero attached hydrogens (tertiary/aromatic N) is 1. The molecule has 0 aliphatic carbocycles. The highest BCUT2D eigenvalue weighted by Gasteiger charge is 2.23.